The Bertz CT molecular complexity index is 999. The van der Waals surface area contributed by atoms with E-state index in [1.807, 2.05) is 22.4 Å². The summed E-state index contributed by atoms with van der Waals surface area (Å²) in [6, 6.07) is 1.51. The minimum atomic E-state index is -4.44. The summed E-state index contributed by atoms with van der Waals surface area (Å²) in [6.07, 6.45) is -0.376. The molecule has 2 fully saturated rings. The highest BCUT2D eigenvalue weighted by molar-refractivity contribution is 7.10. The van der Waals surface area contributed by atoms with Crippen molar-refractivity contribution < 1.29 is 18.0 Å². The molecule has 4 heterocycles. The molecule has 5 nitrogen and oxygen atoms in total. The summed E-state index contributed by atoms with van der Waals surface area (Å²) in [5, 5.41) is 9.09. The molecule has 1 saturated heterocycles. The topological polar surface area (TPSA) is 50.2 Å². The fourth-order valence-electron chi connectivity index (χ4n) is 6.25. The van der Waals surface area contributed by atoms with E-state index in [2.05, 4.69) is 31.2 Å². The highest BCUT2D eigenvalue weighted by Crippen LogP contribution is 2.53. The molecule has 31 heavy (non-hydrogen) atoms. The fourth-order valence-corrected chi connectivity index (χ4v) is 7.04. The smallest absolute Gasteiger partial charge is 0.362 e. The zero-order chi connectivity index (χ0) is 22.2. The lowest BCUT2D eigenvalue weighted by Gasteiger charge is -2.39. The van der Waals surface area contributed by atoms with Crippen LogP contribution in [0.4, 0.5) is 19.0 Å². The van der Waals surface area contributed by atoms with Gasteiger partial charge in [-0.1, -0.05) is 26.8 Å². The first-order chi connectivity index (χ1) is 14.5. The van der Waals surface area contributed by atoms with Crippen molar-refractivity contribution in [1.82, 2.24) is 14.7 Å². The highest BCUT2D eigenvalue weighted by atomic mass is 32.1. The Balaban J connectivity index is 1.50. The van der Waals surface area contributed by atoms with Gasteiger partial charge in [-0.15, -0.1) is 11.3 Å². The molecule has 5 rings (SSSR count). The van der Waals surface area contributed by atoms with E-state index in [0.717, 1.165) is 28.8 Å². The van der Waals surface area contributed by atoms with Gasteiger partial charge in [-0.2, -0.15) is 18.3 Å². The third kappa shape index (κ3) is 3.54. The van der Waals surface area contributed by atoms with E-state index < -0.39 is 18.3 Å². The molecule has 3 aliphatic rings. The Labute approximate surface area is 183 Å². The van der Waals surface area contributed by atoms with Gasteiger partial charge in [-0.05, 0) is 41.5 Å². The Morgan fingerprint density at radius 2 is 2.06 bits per heavy atom. The van der Waals surface area contributed by atoms with Gasteiger partial charge in [0.25, 0.3) is 5.91 Å². The molecule has 2 bridgehead atoms. The quantitative estimate of drug-likeness (QED) is 0.641. The first kappa shape index (κ1) is 20.8. The molecule has 4 atom stereocenters. The van der Waals surface area contributed by atoms with Crippen LogP contribution in [0.5, 0.6) is 0 Å². The minimum Gasteiger partial charge on any atom is -0.362 e. The molecule has 0 unspecified atom stereocenters. The minimum absolute atomic E-state index is 0.0523. The summed E-state index contributed by atoms with van der Waals surface area (Å²) in [5.74, 6) is -0.0317. The molecular weight excluding hydrogens is 425 g/mol. The molecule has 1 N–H and O–H groups in total. The van der Waals surface area contributed by atoms with Crippen LogP contribution in [0.1, 0.15) is 73.8 Å². The first-order valence-electron chi connectivity index (χ1n) is 10.7. The lowest BCUT2D eigenvalue weighted by molar-refractivity contribution is -0.173. The van der Waals surface area contributed by atoms with Gasteiger partial charge in [0.2, 0.25) is 0 Å². The third-order valence-corrected chi connectivity index (χ3v) is 8.02. The molecule has 168 valence electrons. The van der Waals surface area contributed by atoms with Crippen LogP contribution in [0.3, 0.4) is 0 Å². The van der Waals surface area contributed by atoms with Crippen molar-refractivity contribution in [1.29, 1.82) is 0 Å². The Morgan fingerprint density at radius 3 is 2.74 bits per heavy atom. The number of carbonyl (C=O) groups excluding carboxylic acids is 1. The van der Waals surface area contributed by atoms with E-state index in [1.54, 1.807) is 0 Å². The van der Waals surface area contributed by atoms with Crippen molar-refractivity contribution in [2.75, 3.05) is 11.9 Å². The predicted octanol–water partition coefficient (Wildman–Crippen LogP) is 5.65. The second-order valence-electron chi connectivity index (χ2n) is 10.5. The number of thiophene rings is 1. The van der Waals surface area contributed by atoms with Crippen molar-refractivity contribution >= 4 is 23.1 Å². The van der Waals surface area contributed by atoms with Crippen LogP contribution in [-0.2, 0) is 0 Å². The fraction of sp³-hybridized carbons (Fsp3) is 0.636. The summed E-state index contributed by atoms with van der Waals surface area (Å²) in [5.41, 5.74) is 0.440. The van der Waals surface area contributed by atoms with E-state index in [9.17, 15) is 18.0 Å². The van der Waals surface area contributed by atoms with E-state index in [-0.39, 0.29) is 40.6 Å². The first-order valence-corrected chi connectivity index (χ1v) is 11.6. The number of nitrogens with one attached hydrogen (secondary N) is 1. The standard InChI is InChI=1S/C22H27F3N4OS/c1-20(2)8-13-9-21(3,11-20)12-28(13)19(30)14-10-26-29-17(22(23,24)25)7-15(27-18(14)29)16-5-4-6-31-16/h4-6,10,13,15,17,27H,7-9,11-12H2,1-3H3/t13-,15+,17+,21-/m0/s1. The number of hydrogen-bond donors (Lipinski definition) is 1. The number of likely N-dealkylation sites (tertiary alicyclic amines) is 1. The van der Waals surface area contributed by atoms with Crippen molar-refractivity contribution in [3.05, 3.63) is 34.2 Å². The van der Waals surface area contributed by atoms with Gasteiger partial charge in [0.05, 0.1) is 12.2 Å². The van der Waals surface area contributed by atoms with Crippen molar-refractivity contribution in [2.24, 2.45) is 10.8 Å². The van der Waals surface area contributed by atoms with Gasteiger partial charge < -0.3 is 10.2 Å². The SMILES string of the molecule is CC1(C)C[C@H]2C[C@](C)(CN2C(=O)c2cnn3c2N[C@@H](c2cccs2)C[C@@H]3C(F)(F)F)C1. The summed E-state index contributed by atoms with van der Waals surface area (Å²) in [4.78, 5) is 16.3. The number of alkyl halides is 3. The van der Waals surface area contributed by atoms with Crippen LogP contribution in [-0.4, -0.2) is 39.4 Å². The average molecular weight is 453 g/mol. The lowest BCUT2D eigenvalue weighted by atomic mass is 9.65. The van der Waals surface area contributed by atoms with E-state index in [0.29, 0.717) is 6.54 Å². The second kappa shape index (κ2) is 6.73. The molecule has 1 amide bonds. The maximum atomic E-state index is 13.9. The van der Waals surface area contributed by atoms with E-state index in [1.165, 1.54) is 17.5 Å². The number of carbonyl (C=O) groups is 1. The predicted molar refractivity (Wildman–Crippen MR) is 113 cm³/mol. The molecule has 2 aromatic heterocycles. The van der Waals surface area contributed by atoms with Crippen LogP contribution in [0, 0.1) is 10.8 Å². The van der Waals surface area contributed by atoms with Gasteiger partial charge in [-0.25, -0.2) is 4.68 Å². The zero-order valence-electron chi connectivity index (χ0n) is 17.9. The number of halogens is 3. The van der Waals surface area contributed by atoms with Crippen molar-refractivity contribution in [2.45, 2.75) is 70.8 Å². The number of amides is 1. The molecule has 2 aromatic rings. The largest absolute Gasteiger partial charge is 0.410 e. The summed E-state index contributed by atoms with van der Waals surface area (Å²) in [7, 11) is 0. The number of hydrogen-bond acceptors (Lipinski definition) is 4. The highest BCUT2D eigenvalue weighted by Gasteiger charge is 2.52. The normalized spacial score (nSPS) is 31.9. The number of aromatic nitrogens is 2. The number of rotatable bonds is 2. The maximum Gasteiger partial charge on any atom is 0.410 e. The molecular formula is C22H27F3N4OS. The lowest BCUT2D eigenvalue weighted by Crippen LogP contribution is -2.39. The van der Waals surface area contributed by atoms with Crippen molar-refractivity contribution in [3.63, 3.8) is 0 Å². The van der Waals surface area contributed by atoms with Gasteiger partial charge >= 0.3 is 6.18 Å². The summed E-state index contributed by atoms with van der Waals surface area (Å²) < 4.78 is 42.6. The molecule has 1 saturated carbocycles. The summed E-state index contributed by atoms with van der Waals surface area (Å²) >= 11 is 1.42. The van der Waals surface area contributed by atoms with Gasteiger partial charge in [-0.3, -0.25) is 4.79 Å². The van der Waals surface area contributed by atoms with E-state index in [4.69, 9.17) is 0 Å². The van der Waals surface area contributed by atoms with Crippen molar-refractivity contribution in [3.8, 4) is 0 Å². The van der Waals surface area contributed by atoms with Gasteiger partial charge in [0.15, 0.2) is 6.04 Å². The molecule has 1 aliphatic carbocycles. The zero-order valence-corrected chi connectivity index (χ0v) is 18.7. The van der Waals surface area contributed by atoms with Gasteiger partial charge in [0.1, 0.15) is 11.4 Å². The monoisotopic (exact) mass is 452 g/mol. The van der Waals surface area contributed by atoms with Gasteiger partial charge in [0, 0.05) is 23.9 Å². The van der Waals surface area contributed by atoms with E-state index >= 15 is 0 Å². The summed E-state index contributed by atoms with van der Waals surface area (Å²) in [6.45, 7) is 7.32. The molecule has 0 aromatic carbocycles. The maximum absolute atomic E-state index is 13.9. The Hall–Kier alpha value is -2.03. The molecule has 0 radical (unpaired) electrons. The van der Waals surface area contributed by atoms with Crippen LogP contribution in [0.25, 0.3) is 0 Å². The van der Waals surface area contributed by atoms with Crippen LogP contribution in [0.2, 0.25) is 0 Å². The average Bonchev–Trinajstić information content (AvgIpc) is 3.36. The molecule has 2 aliphatic heterocycles. The molecule has 9 heteroatoms. The van der Waals surface area contributed by atoms with Crippen LogP contribution < -0.4 is 5.32 Å². The number of fused-ring (bicyclic) bond motifs is 3. The second-order valence-corrected chi connectivity index (χ2v) is 11.5. The molecule has 0 spiro atoms. The van der Waals surface area contributed by atoms with Crippen LogP contribution in [0.15, 0.2) is 23.7 Å². The van der Waals surface area contributed by atoms with Crippen LogP contribution >= 0.6 is 11.3 Å². The Morgan fingerprint density at radius 1 is 1.29 bits per heavy atom. The number of anilines is 1. The number of nitrogens with zero attached hydrogens (tertiary/aromatic N) is 3. The Kier molecular flexibility index (Phi) is 4.53. The third-order valence-electron chi connectivity index (χ3n) is 7.03.